The van der Waals surface area contributed by atoms with Gasteiger partial charge in [0.1, 0.15) is 5.60 Å². The number of carbonyl (C=O) groups excluding carboxylic acids is 3. The molecule has 0 bridgehead atoms. The fourth-order valence-corrected chi connectivity index (χ4v) is 6.90. The minimum Gasteiger partial charge on any atom is -0.457 e. The molecule has 5 nitrogen and oxygen atoms in total. The van der Waals surface area contributed by atoms with Gasteiger partial charge in [-0.05, 0) is 56.6 Å². The summed E-state index contributed by atoms with van der Waals surface area (Å²) in [5.41, 5.74) is 1.28. The van der Waals surface area contributed by atoms with Gasteiger partial charge in [-0.2, -0.15) is 0 Å². The van der Waals surface area contributed by atoms with Crippen LogP contribution < -0.4 is 0 Å². The first kappa shape index (κ1) is 18.0. The second-order valence-electron chi connectivity index (χ2n) is 9.44. The molecular formula is C23H26O5. The molecule has 5 aliphatic rings. The number of esters is 1. The van der Waals surface area contributed by atoms with Crippen LogP contribution in [0.5, 0.6) is 0 Å². The van der Waals surface area contributed by atoms with Crippen LogP contribution in [-0.2, 0) is 23.9 Å². The number of ketones is 2. The van der Waals surface area contributed by atoms with E-state index >= 15 is 0 Å². The molecule has 0 amide bonds. The summed E-state index contributed by atoms with van der Waals surface area (Å²) < 4.78 is 11.4. The lowest BCUT2D eigenvalue weighted by atomic mass is 9.47. The lowest BCUT2D eigenvalue weighted by Gasteiger charge is -2.54. The Kier molecular flexibility index (Phi) is 3.57. The third-order valence-electron chi connectivity index (χ3n) is 8.22. The van der Waals surface area contributed by atoms with Gasteiger partial charge < -0.3 is 9.47 Å². The van der Waals surface area contributed by atoms with Crippen LogP contribution in [0.15, 0.2) is 35.5 Å². The molecule has 1 spiro atoms. The predicted molar refractivity (Wildman–Crippen MR) is 101 cm³/mol. The van der Waals surface area contributed by atoms with E-state index in [0.29, 0.717) is 11.8 Å². The lowest BCUT2D eigenvalue weighted by molar-refractivity contribution is -0.145. The van der Waals surface area contributed by atoms with Gasteiger partial charge in [-0.25, -0.2) is 0 Å². The quantitative estimate of drug-likeness (QED) is 0.554. The van der Waals surface area contributed by atoms with Crippen LogP contribution >= 0.6 is 0 Å². The summed E-state index contributed by atoms with van der Waals surface area (Å²) in [7, 11) is 0. The van der Waals surface area contributed by atoms with Gasteiger partial charge in [-0.3, -0.25) is 14.4 Å². The third-order valence-corrected chi connectivity index (χ3v) is 8.22. The van der Waals surface area contributed by atoms with Crippen LogP contribution in [0.3, 0.4) is 0 Å². The highest BCUT2D eigenvalue weighted by Crippen LogP contribution is 2.74. The van der Waals surface area contributed by atoms with Crippen LogP contribution in [0.2, 0.25) is 0 Å². The zero-order valence-corrected chi connectivity index (χ0v) is 16.6. The predicted octanol–water partition coefficient (Wildman–Crippen LogP) is 3.09. The minimum atomic E-state index is -0.431. The first-order chi connectivity index (χ1) is 13.2. The molecule has 0 radical (unpaired) electrons. The molecule has 1 saturated heterocycles. The van der Waals surface area contributed by atoms with E-state index < -0.39 is 5.97 Å². The van der Waals surface area contributed by atoms with Gasteiger partial charge in [0.2, 0.25) is 0 Å². The Balaban J connectivity index is 1.46. The van der Waals surface area contributed by atoms with Crippen LogP contribution in [0.4, 0.5) is 0 Å². The molecule has 0 aromatic heterocycles. The average Bonchev–Trinajstić information content (AvgIpc) is 3.25. The molecule has 28 heavy (non-hydrogen) atoms. The largest absolute Gasteiger partial charge is 0.457 e. The van der Waals surface area contributed by atoms with Crippen molar-refractivity contribution in [2.45, 2.75) is 58.2 Å². The molecular weight excluding hydrogens is 356 g/mol. The molecule has 5 heteroatoms. The van der Waals surface area contributed by atoms with Crippen LogP contribution in [-0.4, -0.2) is 35.8 Å². The molecule has 0 N–H and O–H groups in total. The van der Waals surface area contributed by atoms with E-state index in [2.05, 4.69) is 26.0 Å². The van der Waals surface area contributed by atoms with Crippen molar-refractivity contribution in [3.63, 3.8) is 0 Å². The van der Waals surface area contributed by atoms with Gasteiger partial charge in [0.05, 0.1) is 6.10 Å². The highest BCUT2D eigenvalue weighted by Gasteiger charge is 2.78. The van der Waals surface area contributed by atoms with E-state index in [1.165, 1.54) is 12.5 Å². The maximum atomic E-state index is 12.8. The molecule has 148 valence electrons. The van der Waals surface area contributed by atoms with E-state index in [1.807, 2.05) is 0 Å². The number of fused-ring (bicyclic) bond motifs is 3. The number of allylic oxidation sites excluding steroid dienone is 3. The number of rotatable bonds is 3. The fourth-order valence-electron chi connectivity index (χ4n) is 6.90. The molecule has 2 unspecified atom stereocenters. The van der Waals surface area contributed by atoms with Crippen molar-refractivity contribution in [2.75, 3.05) is 6.61 Å². The summed E-state index contributed by atoms with van der Waals surface area (Å²) in [4.78, 5) is 35.8. The van der Waals surface area contributed by atoms with Crippen molar-refractivity contribution in [3.8, 4) is 0 Å². The first-order valence-corrected chi connectivity index (χ1v) is 10.2. The number of epoxide rings is 1. The summed E-state index contributed by atoms with van der Waals surface area (Å²) in [6.45, 7) is 5.54. The Morgan fingerprint density at radius 1 is 1.29 bits per heavy atom. The highest BCUT2D eigenvalue weighted by molar-refractivity contribution is 6.01. The molecule has 5 rings (SSSR count). The molecule has 1 aliphatic heterocycles. The molecule has 2 saturated carbocycles. The van der Waals surface area contributed by atoms with Crippen molar-refractivity contribution < 1.29 is 23.9 Å². The zero-order chi connectivity index (χ0) is 19.9. The molecule has 0 aromatic rings. The molecule has 6 atom stereocenters. The van der Waals surface area contributed by atoms with Crippen molar-refractivity contribution in [3.05, 3.63) is 35.5 Å². The molecule has 0 aromatic carbocycles. The van der Waals surface area contributed by atoms with Gasteiger partial charge >= 0.3 is 5.97 Å². The maximum Gasteiger partial charge on any atom is 0.303 e. The van der Waals surface area contributed by atoms with Gasteiger partial charge in [0.15, 0.2) is 18.2 Å². The topological polar surface area (TPSA) is 73.0 Å². The first-order valence-electron chi connectivity index (χ1n) is 10.2. The number of hydrogen-bond acceptors (Lipinski definition) is 5. The van der Waals surface area contributed by atoms with Crippen molar-refractivity contribution in [2.24, 2.45) is 22.7 Å². The SMILES string of the molecule is CC(=O)OCC(=O)C1=CCC2C3CCC4=CC(=O)C=C[C@]4(C)[C@@]34O[C@H]4C[C@]12C. The second-order valence-corrected chi connectivity index (χ2v) is 9.44. The van der Waals surface area contributed by atoms with Crippen LogP contribution in [0.25, 0.3) is 0 Å². The Hall–Kier alpha value is -2.01. The molecule has 4 aliphatic carbocycles. The summed E-state index contributed by atoms with van der Waals surface area (Å²) >= 11 is 0. The minimum absolute atomic E-state index is 0.0704. The van der Waals surface area contributed by atoms with E-state index in [0.717, 1.165) is 31.3 Å². The highest BCUT2D eigenvalue weighted by atomic mass is 16.6. The summed E-state index contributed by atoms with van der Waals surface area (Å²) in [6.07, 6.45) is 11.3. The van der Waals surface area contributed by atoms with E-state index in [9.17, 15) is 14.4 Å². The summed E-state index contributed by atoms with van der Waals surface area (Å²) in [5, 5.41) is 0. The smallest absolute Gasteiger partial charge is 0.303 e. The van der Waals surface area contributed by atoms with Gasteiger partial charge in [-0.15, -0.1) is 0 Å². The van der Waals surface area contributed by atoms with Crippen LogP contribution in [0.1, 0.15) is 46.5 Å². The average molecular weight is 382 g/mol. The number of hydrogen-bond donors (Lipinski definition) is 0. The monoisotopic (exact) mass is 382 g/mol. The van der Waals surface area contributed by atoms with Gasteiger partial charge in [0, 0.05) is 23.3 Å². The van der Waals surface area contributed by atoms with Crippen molar-refractivity contribution in [1.82, 2.24) is 0 Å². The number of ether oxygens (including phenoxy) is 2. The van der Waals surface area contributed by atoms with Crippen molar-refractivity contribution >= 4 is 17.5 Å². The van der Waals surface area contributed by atoms with Gasteiger partial charge in [-0.1, -0.05) is 24.6 Å². The Labute approximate surface area is 164 Å². The number of carbonyl (C=O) groups is 3. The summed E-state index contributed by atoms with van der Waals surface area (Å²) in [6, 6.07) is 0. The Bertz CT molecular complexity index is 895. The van der Waals surface area contributed by atoms with Crippen molar-refractivity contribution in [1.29, 1.82) is 0 Å². The van der Waals surface area contributed by atoms with E-state index in [1.54, 1.807) is 12.2 Å². The van der Waals surface area contributed by atoms with Crippen LogP contribution in [0, 0.1) is 22.7 Å². The fraction of sp³-hybridized carbons (Fsp3) is 0.609. The van der Waals surface area contributed by atoms with Gasteiger partial charge in [0.25, 0.3) is 0 Å². The molecule has 3 fully saturated rings. The second kappa shape index (κ2) is 5.53. The molecule has 1 heterocycles. The maximum absolute atomic E-state index is 12.8. The standard InChI is InChI=1S/C23H26O5/c1-13(24)27-12-19(26)18-7-6-16-17-5-4-14-10-15(25)8-9-22(14,3)23(17)20(28-23)11-21(16,18)2/h7-10,16-17,20H,4-6,11-12H2,1-3H3/t16?,17?,20-,21-,22-,23+/m0/s1. The summed E-state index contributed by atoms with van der Waals surface area (Å²) in [5.74, 6) is 0.249. The van der Waals surface area contributed by atoms with E-state index in [4.69, 9.17) is 9.47 Å². The Morgan fingerprint density at radius 3 is 2.82 bits per heavy atom. The lowest BCUT2D eigenvalue weighted by Crippen LogP contribution is -2.56. The van der Waals surface area contributed by atoms with E-state index in [-0.39, 0.29) is 40.7 Å². The normalized spacial score (nSPS) is 45.1. The number of Topliss-reactive ketones (excluding diaryl/α,β-unsaturated/α-hetero) is 1. The zero-order valence-electron chi connectivity index (χ0n) is 16.6. The third kappa shape index (κ3) is 2.08. The Morgan fingerprint density at radius 2 is 2.07 bits per heavy atom.